The van der Waals surface area contributed by atoms with Crippen molar-refractivity contribution in [1.82, 2.24) is 20.1 Å². The summed E-state index contributed by atoms with van der Waals surface area (Å²) in [5.74, 6) is -0.402. The van der Waals surface area contributed by atoms with Crippen molar-refractivity contribution < 1.29 is 22.4 Å². The summed E-state index contributed by atoms with van der Waals surface area (Å²) in [7, 11) is 0. The molecule has 1 aromatic carbocycles. The minimum absolute atomic E-state index is 0.0827. The fourth-order valence-electron chi connectivity index (χ4n) is 2.67. The van der Waals surface area contributed by atoms with Gasteiger partial charge >= 0.3 is 6.55 Å². The Bertz CT molecular complexity index is 1020. The van der Waals surface area contributed by atoms with E-state index >= 15 is 0 Å². The molecule has 0 atom stereocenters. The van der Waals surface area contributed by atoms with Crippen LogP contribution in [-0.2, 0) is 11.3 Å². The van der Waals surface area contributed by atoms with E-state index in [1.807, 2.05) is 0 Å². The maximum Gasteiger partial charge on any atom is 0.333 e. The predicted molar refractivity (Wildman–Crippen MR) is 99.1 cm³/mol. The van der Waals surface area contributed by atoms with Crippen molar-refractivity contribution in [1.29, 1.82) is 0 Å². The van der Waals surface area contributed by atoms with Gasteiger partial charge in [0.1, 0.15) is 0 Å². The highest BCUT2D eigenvalue weighted by Gasteiger charge is 2.15. The van der Waals surface area contributed by atoms with Crippen molar-refractivity contribution in [2.45, 2.75) is 19.5 Å². The lowest BCUT2D eigenvalue weighted by Gasteiger charge is -2.11. The third kappa shape index (κ3) is 4.68. The van der Waals surface area contributed by atoms with Crippen molar-refractivity contribution in [2.24, 2.45) is 0 Å². The zero-order valence-corrected chi connectivity index (χ0v) is 15.0. The van der Waals surface area contributed by atoms with E-state index in [0.29, 0.717) is 27.1 Å². The van der Waals surface area contributed by atoms with Gasteiger partial charge in [-0.1, -0.05) is 30.8 Å². The van der Waals surface area contributed by atoms with Gasteiger partial charge in [-0.3, -0.25) is 9.78 Å². The number of nitrogens with one attached hydrogen (secondary N) is 1. The van der Waals surface area contributed by atoms with Gasteiger partial charge in [-0.2, -0.15) is 13.9 Å². The van der Waals surface area contributed by atoms with Crippen molar-refractivity contribution in [3.8, 4) is 22.5 Å². The van der Waals surface area contributed by atoms with E-state index in [-0.39, 0.29) is 17.8 Å². The summed E-state index contributed by atoms with van der Waals surface area (Å²) < 4.78 is 51.8. The van der Waals surface area contributed by atoms with Crippen LogP contribution in [0.25, 0.3) is 22.5 Å². The van der Waals surface area contributed by atoms with E-state index in [9.17, 15) is 22.4 Å². The number of pyridine rings is 1. The van der Waals surface area contributed by atoms with Crippen LogP contribution >= 0.6 is 0 Å². The number of halogens is 4. The first-order valence-electron chi connectivity index (χ1n) is 8.50. The number of alkyl halides is 4. The first-order chi connectivity index (χ1) is 13.9. The van der Waals surface area contributed by atoms with Crippen LogP contribution in [0.5, 0.6) is 0 Å². The maximum atomic E-state index is 12.9. The lowest BCUT2D eigenvalue weighted by Crippen LogP contribution is -2.20. The van der Waals surface area contributed by atoms with Crippen molar-refractivity contribution in [3.63, 3.8) is 0 Å². The molecular weight excluding hydrogens is 388 g/mol. The normalized spacial score (nSPS) is 11.1. The number of hydrogen-bond acceptors (Lipinski definition) is 3. The zero-order valence-electron chi connectivity index (χ0n) is 15.0. The topological polar surface area (TPSA) is 59.8 Å². The number of amides is 1. The smallest absolute Gasteiger partial charge is 0.333 e. The Morgan fingerprint density at radius 2 is 1.86 bits per heavy atom. The Hall–Kier alpha value is -3.49. The second kappa shape index (κ2) is 8.68. The lowest BCUT2D eigenvalue weighted by molar-refractivity contribution is -0.116. The molecule has 0 spiro atoms. The summed E-state index contributed by atoms with van der Waals surface area (Å²) in [4.78, 5) is 15.8. The molecule has 0 saturated carbocycles. The molecule has 150 valence electrons. The van der Waals surface area contributed by atoms with Gasteiger partial charge in [-0.15, -0.1) is 0 Å². The van der Waals surface area contributed by atoms with E-state index in [4.69, 9.17) is 0 Å². The van der Waals surface area contributed by atoms with Gasteiger partial charge in [-0.05, 0) is 23.8 Å². The molecule has 2 aromatic heterocycles. The average Bonchev–Trinajstić information content (AvgIpc) is 3.22. The molecule has 0 saturated heterocycles. The maximum absolute atomic E-state index is 12.9. The van der Waals surface area contributed by atoms with Gasteiger partial charge in [0.2, 0.25) is 5.91 Å². The average molecular weight is 404 g/mol. The molecule has 5 nitrogen and oxygen atoms in total. The summed E-state index contributed by atoms with van der Waals surface area (Å²) in [6.07, 6.45) is 1.15. The van der Waals surface area contributed by atoms with Crippen molar-refractivity contribution >= 4 is 5.91 Å². The first-order valence-corrected chi connectivity index (χ1v) is 8.50. The third-order valence-electron chi connectivity index (χ3n) is 4.17. The van der Waals surface area contributed by atoms with Crippen LogP contribution < -0.4 is 5.32 Å². The monoisotopic (exact) mass is 404 g/mol. The van der Waals surface area contributed by atoms with Gasteiger partial charge < -0.3 is 5.32 Å². The van der Waals surface area contributed by atoms with Gasteiger partial charge in [0.25, 0.3) is 6.43 Å². The van der Waals surface area contributed by atoms with Crippen LogP contribution in [0.3, 0.4) is 0 Å². The Balaban J connectivity index is 2.01. The number of benzene rings is 1. The largest absolute Gasteiger partial charge is 0.348 e. The molecule has 0 fully saturated rings. The van der Waals surface area contributed by atoms with Crippen LogP contribution in [0.15, 0.2) is 61.4 Å². The van der Waals surface area contributed by atoms with Gasteiger partial charge in [0, 0.05) is 35.6 Å². The Kier molecular flexibility index (Phi) is 6.06. The van der Waals surface area contributed by atoms with E-state index in [1.54, 1.807) is 6.07 Å². The van der Waals surface area contributed by atoms with E-state index in [2.05, 4.69) is 22.0 Å². The highest BCUT2D eigenvalue weighted by Crippen LogP contribution is 2.29. The molecule has 0 radical (unpaired) electrons. The van der Waals surface area contributed by atoms with Gasteiger partial charge in [0.15, 0.2) is 0 Å². The van der Waals surface area contributed by atoms with Gasteiger partial charge in [-0.25, -0.2) is 13.5 Å². The molecule has 1 amide bonds. The molecule has 0 aliphatic heterocycles. The standard InChI is InChI=1S/C20H16F4N4O/c1-2-18(29)26-11-14-10-25-17(12-3-5-13(6-4-12)19(21)22)9-15(14)16-7-8-28(27-16)20(23)24/h2-10,19-20H,1,11H2,(H,26,29). The number of aromatic nitrogens is 3. The van der Waals surface area contributed by atoms with Crippen LogP contribution in [-0.4, -0.2) is 20.7 Å². The summed E-state index contributed by atoms with van der Waals surface area (Å²) in [6, 6.07) is 8.64. The highest BCUT2D eigenvalue weighted by atomic mass is 19.3. The minimum atomic E-state index is -2.80. The fourth-order valence-corrected chi connectivity index (χ4v) is 2.67. The van der Waals surface area contributed by atoms with Crippen molar-refractivity contribution in [3.05, 3.63) is 72.6 Å². The molecule has 0 aliphatic rings. The molecule has 3 rings (SSSR count). The Morgan fingerprint density at radius 3 is 2.45 bits per heavy atom. The quantitative estimate of drug-likeness (QED) is 0.457. The Morgan fingerprint density at radius 1 is 1.14 bits per heavy atom. The number of hydrogen-bond donors (Lipinski definition) is 1. The summed E-state index contributed by atoms with van der Waals surface area (Å²) >= 11 is 0. The minimum Gasteiger partial charge on any atom is -0.348 e. The summed E-state index contributed by atoms with van der Waals surface area (Å²) in [6.45, 7) is 0.657. The molecule has 0 bridgehead atoms. The zero-order chi connectivity index (χ0) is 21.0. The molecule has 0 aliphatic carbocycles. The number of nitrogens with zero attached hydrogens (tertiary/aromatic N) is 3. The highest BCUT2D eigenvalue weighted by molar-refractivity contribution is 5.87. The molecule has 29 heavy (non-hydrogen) atoms. The van der Waals surface area contributed by atoms with Crippen LogP contribution in [0.1, 0.15) is 24.1 Å². The van der Waals surface area contributed by atoms with Crippen LogP contribution in [0.2, 0.25) is 0 Å². The number of carbonyl (C=O) groups is 1. The number of rotatable bonds is 7. The van der Waals surface area contributed by atoms with Gasteiger partial charge in [0.05, 0.1) is 11.4 Å². The molecule has 3 aromatic rings. The second-order valence-electron chi connectivity index (χ2n) is 6.03. The SMILES string of the molecule is C=CC(=O)NCc1cnc(-c2ccc(C(F)F)cc2)cc1-c1ccn(C(F)F)n1. The first kappa shape index (κ1) is 20.2. The molecule has 9 heteroatoms. The molecule has 0 unspecified atom stereocenters. The van der Waals surface area contributed by atoms with Crippen LogP contribution in [0.4, 0.5) is 17.6 Å². The van der Waals surface area contributed by atoms with E-state index in [1.165, 1.54) is 36.5 Å². The Labute approximate surface area is 163 Å². The second-order valence-corrected chi connectivity index (χ2v) is 6.03. The van der Waals surface area contributed by atoms with E-state index in [0.717, 1.165) is 12.3 Å². The van der Waals surface area contributed by atoms with Crippen LogP contribution in [0, 0.1) is 0 Å². The molecule has 2 heterocycles. The summed E-state index contributed by atoms with van der Waals surface area (Å²) in [5.41, 5.74) is 2.20. The van der Waals surface area contributed by atoms with Crippen molar-refractivity contribution in [2.75, 3.05) is 0 Å². The fraction of sp³-hybridized carbons (Fsp3) is 0.150. The van der Waals surface area contributed by atoms with E-state index < -0.39 is 18.9 Å². The number of carbonyl (C=O) groups excluding carboxylic acids is 1. The lowest BCUT2D eigenvalue weighted by atomic mass is 10.0. The predicted octanol–water partition coefficient (Wildman–Crippen LogP) is 4.75. The summed E-state index contributed by atoms with van der Waals surface area (Å²) in [5, 5.41) is 6.47. The third-order valence-corrected chi connectivity index (χ3v) is 4.17. The molecule has 1 N–H and O–H groups in total. The molecular formula is C20H16F4N4O.